The summed E-state index contributed by atoms with van der Waals surface area (Å²) in [4.78, 5) is 16.2. The Morgan fingerprint density at radius 1 is 0.864 bits per heavy atom. The zero-order valence-corrected chi connectivity index (χ0v) is 13.3. The van der Waals surface area contributed by atoms with Crippen molar-refractivity contribution in [3.8, 4) is 0 Å². The Hall–Kier alpha value is -1.60. The van der Waals surface area contributed by atoms with Gasteiger partial charge in [-0.25, -0.2) is 13.2 Å². The summed E-state index contributed by atoms with van der Waals surface area (Å²) < 4.78 is 26.5. The molecule has 7 heteroatoms. The summed E-state index contributed by atoms with van der Waals surface area (Å²) in [5.41, 5.74) is 0. The molecule has 1 aromatic rings. The van der Waals surface area contributed by atoms with Crippen LogP contribution >= 0.6 is 0 Å². The molecule has 120 valence electrons. The van der Waals surface area contributed by atoms with Crippen molar-refractivity contribution in [3.63, 3.8) is 0 Å². The average Bonchev–Trinajstić information content (AvgIpc) is 3.06. The number of sulfonamides is 1. The van der Waals surface area contributed by atoms with Crippen LogP contribution in [0.3, 0.4) is 0 Å². The van der Waals surface area contributed by atoms with Crippen LogP contribution < -0.4 is 0 Å². The van der Waals surface area contributed by atoms with E-state index in [0.717, 1.165) is 32.4 Å². The Morgan fingerprint density at radius 3 is 2.23 bits per heavy atom. The first-order valence-corrected chi connectivity index (χ1v) is 9.12. The van der Waals surface area contributed by atoms with Gasteiger partial charge in [0.2, 0.25) is 10.0 Å². The molecule has 1 aromatic carbocycles. The van der Waals surface area contributed by atoms with Gasteiger partial charge in [-0.15, -0.1) is 0 Å². The van der Waals surface area contributed by atoms with E-state index in [2.05, 4.69) is 0 Å². The van der Waals surface area contributed by atoms with Gasteiger partial charge < -0.3 is 9.80 Å². The van der Waals surface area contributed by atoms with E-state index < -0.39 is 10.0 Å². The number of nitrogens with zero attached hydrogens (tertiary/aromatic N) is 3. The van der Waals surface area contributed by atoms with E-state index in [-0.39, 0.29) is 17.6 Å². The summed E-state index contributed by atoms with van der Waals surface area (Å²) in [6, 6.07) is 8.34. The molecular weight excluding hydrogens is 302 g/mol. The zero-order valence-electron chi connectivity index (χ0n) is 12.5. The van der Waals surface area contributed by atoms with E-state index in [0.29, 0.717) is 13.1 Å². The summed E-state index contributed by atoms with van der Waals surface area (Å²) in [5.74, 6) is 0. The Balaban J connectivity index is 1.68. The van der Waals surface area contributed by atoms with E-state index in [1.165, 1.54) is 4.31 Å². The molecule has 0 N–H and O–H groups in total. The quantitative estimate of drug-likeness (QED) is 0.830. The van der Waals surface area contributed by atoms with E-state index in [4.69, 9.17) is 0 Å². The summed E-state index contributed by atoms with van der Waals surface area (Å²) >= 11 is 0. The smallest absolute Gasteiger partial charge is 0.321 e. The third-order valence-corrected chi connectivity index (χ3v) is 6.07. The van der Waals surface area contributed by atoms with Crippen LogP contribution in [0.15, 0.2) is 35.2 Å². The third kappa shape index (κ3) is 2.96. The number of carbonyl (C=O) groups is 1. The summed E-state index contributed by atoms with van der Waals surface area (Å²) in [7, 11) is -3.51. The van der Waals surface area contributed by atoms with Crippen LogP contribution in [0.1, 0.15) is 19.3 Å². The largest absolute Gasteiger partial charge is 0.325 e. The van der Waals surface area contributed by atoms with Crippen LogP contribution in [0.2, 0.25) is 0 Å². The second-order valence-corrected chi connectivity index (χ2v) is 7.67. The molecule has 0 spiro atoms. The predicted molar refractivity (Wildman–Crippen MR) is 82.7 cm³/mol. The number of piperidine rings is 1. The highest BCUT2D eigenvalue weighted by atomic mass is 32.2. The molecule has 2 saturated heterocycles. The SMILES string of the molecule is O=C(N1CCCCC1)N1CCN(S(=O)(=O)c2ccccc2)C1. The first kappa shape index (κ1) is 15.3. The van der Waals surface area contributed by atoms with E-state index in [1.54, 1.807) is 35.2 Å². The van der Waals surface area contributed by atoms with Crippen molar-refractivity contribution in [2.45, 2.75) is 24.2 Å². The van der Waals surface area contributed by atoms with E-state index in [1.807, 2.05) is 4.90 Å². The summed E-state index contributed by atoms with van der Waals surface area (Å²) in [6.07, 6.45) is 3.23. The van der Waals surface area contributed by atoms with Crippen LogP contribution in [-0.4, -0.2) is 61.4 Å². The molecular formula is C15H21N3O3S. The van der Waals surface area contributed by atoms with E-state index >= 15 is 0 Å². The van der Waals surface area contributed by atoms with Gasteiger partial charge in [-0.05, 0) is 31.4 Å². The molecule has 0 radical (unpaired) electrons. The van der Waals surface area contributed by atoms with Gasteiger partial charge in [-0.1, -0.05) is 18.2 Å². The van der Waals surface area contributed by atoms with Crippen molar-refractivity contribution in [3.05, 3.63) is 30.3 Å². The second kappa shape index (κ2) is 6.26. The molecule has 3 rings (SSSR count). The van der Waals surface area contributed by atoms with Gasteiger partial charge in [0.25, 0.3) is 0 Å². The maximum Gasteiger partial charge on any atom is 0.321 e. The minimum absolute atomic E-state index is 0.0366. The minimum atomic E-state index is -3.51. The first-order chi connectivity index (χ1) is 10.6. The number of likely N-dealkylation sites (tertiary alicyclic amines) is 1. The third-order valence-electron chi connectivity index (χ3n) is 4.23. The van der Waals surface area contributed by atoms with Crippen molar-refractivity contribution in [2.24, 2.45) is 0 Å². The van der Waals surface area contributed by atoms with Gasteiger partial charge in [0, 0.05) is 26.2 Å². The topological polar surface area (TPSA) is 60.9 Å². The van der Waals surface area contributed by atoms with Crippen LogP contribution in [-0.2, 0) is 10.0 Å². The lowest BCUT2D eigenvalue weighted by atomic mass is 10.1. The number of amides is 2. The lowest BCUT2D eigenvalue weighted by Crippen LogP contribution is -2.45. The molecule has 0 unspecified atom stereocenters. The number of rotatable bonds is 2. The van der Waals surface area contributed by atoms with Crippen molar-refractivity contribution in [1.82, 2.24) is 14.1 Å². The van der Waals surface area contributed by atoms with Crippen LogP contribution in [0.25, 0.3) is 0 Å². The predicted octanol–water partition coefficient (Wildman–Crippen LogP) is 1.56. The molecule has 2 aliphatic heterocycles. The standard InChI is InChI=1S/C15H21N3O3S/c19-15(16-9-5-2-6-10-16)17-11-12-18(13-17)22(20,21)14-7-3-1-4-8-14/h1,3-4,7-8H,2,5-6,9-13H2. The molecule has 2 aliphatic rings. The normalized spacial score (nSPS) is 20.4. The van der Waals surface area contributed by atoms with Gasteiger partial charge in [0.1, 0.15) is 0 Å². The second-order valence-electron chi connectivity index (χ2n) is 5.73. The molecule has 2 heterocycles. The van der Waals surface area contributed by atoms with Crippen molar-refractivity contribution in [2.75, 3.05) is 32.8 Å². The Labute approximate surface area is 131 Å². The highest BCUT2D eigenvalue weighted by Gasteiger charge is 2.35. The number of hydrogen-bond donors (Lipinski definition) is 0. The molecule has 0 bridgehead atoms. The fourth-order valence-electron chi connectivity index (χ4n) is 2.94. The van der Waals surface area contributed by atoms with Gasteiger partial charge >= 0.3 is 6.03 Å². The molecule has 2 fully saturated rings. The Bertz CT molecular complexity index is 627. The number of carbonyl (C=O) groups excluding carboxylic acids is 1. The van der Waals surface area contributed by atoms with Crippen LogP contribution in [0, 0.1) is 0 Å². The molecule has 0 atom stereocenters. The lowest BCUT2D eigenvalue weighted by molar-refractivity contribution is 0.149. The molecule has 22 heavy (non-hydrogen) atoms. The van der Waals surface area contributed by atoms with E-state index in [9.17, 15) is 13.2 Å². The average molecular weight is 323 g/mol. The van der Waals surface area contributed by atoms with Gasteiger partial charge in [0.15, 0.2) is 0 Å². The van der Waals surface area contributed by atoms with Crippen molar-refractivity contribution < 1.29 is 13.2 Å². The highest BCUT2D eigenvalue weighted by molar-refractivity contribution is 7.89. The maximum absolute atomic E-state index is 12.6. The molecule has 6 nitrogen and oxygen atoms in total. The molecule has 0 aliphatic carbocycles. The fraction of sp³-hybridized carbons (Fsp3) is 0.533. The number of urea groups is 1. The first-order valence-electron chi connectivity index (χ1n) is 7.68. The van der Waals surface area contributed by atoms with Gasteiger partial charge in [0.05, 0.1) is 11.6 Å². The number of hydrogen-bond acceptors (Lipinski definition) is 3. The summed E-state index contributed by atoms with van der Waals surface area (Å²) in [6.45, 7) is 2.52. The zero-order chi connectivity index (χ0) is 15.6. The van der Waals surface area contributed by atoms with Gasteiger partial charge in [-0.3, -0.25) is 0 Å². The lowest BCUT2D eigenvalue weighted by Gasteiger charge is -2.30. The Kier molecular flexibility index (Phi) is 4.35. The minimum Gasteiger partial charge on any atom is -0.325 e. The van der Waals surface area contributed by atoms with Crippen LogP contribution in [0.4, 0.5) is 4.79 Å². The molecule has 2 amide bonds. The fourth-order valence-corrected chi connectivity index (χ4v) is 4.36. The van der Waals surface area contributed by atoms with Crippen LogP contribution in [0.5, 0.6) is 0 Å². The van der Waals surface area contributed by atoms with Crippen molar-refractivity contribution in [1.29, 1.82) is 0 Å². The molecule has 0 aromatic heterocycles. The monoisotopic (exact) mass is 323 g/mol. The maximum atomic E-state index is 12.6. The van der Waals surface area contributed by atoms with Crippen molar-refractivity contribution >= 4 is 16.1 Å². The molecule has 0 saturated carbocycles. The highest BCUT2D eigenvalue weighted by Crippen LogP contribution is 2.20. The number of benzene rings is 1. The van der Waals surface area contributed by atoms with Gasteiger partial charge in [-0.2, -0.15) is 4.31 Å². The summed E-state index contributed by atoms with van der Waals surface area (Å²) in [5, 5.41) is 0. The Morgan fingerprint density at radius 2 is 1.55 bits per heavy atom.